The first-order valence-electron chi connectivity index (χ1n) is 9.87. The first kappa shape index (κ1) is 14.9. The van der Waals surface area contributed by atoms with E-state index in [2.05, 4.69) is 70.6 Å². The number of rotatable bonds is 2. The van der Waals surface area contributed by atoms with Crippen LogP contribution in [0.5, 0.6) is 0 Å². The fourth-order valence-electron chi connectivity index (χ4n) is 3.72. The molecular weight excluding hydrogens is 328 g/mol. The van der Waals surface area contributed by atoms with Gasteiger partial charge in [0.15, 0.2) is 0 Å². The molecule has 27 heavy (non-hydrogen) atoms. The Morgan fingerprint density at radius 2 is 1.59 bits per heavy atom. The van der Waals surface area contributed by atoms with E-state index in [1.54, 1.807) is 12.4 Å². The van der Waals surface area contributed by atoms with E-state index in [9.17, 15) is 0 Å². The molecule has 4 aromatic rings. The second kappa shape index (κ2) is 6.81. The molecule has 1 aromatic heterocycles. The minimum absolute atomic E-state index is 0.314. The molecule has 0 radical (unpaired) electrons. The van der Waals surface area contributed by atoms with Crippen LogP contribution in [0.3, 0.4) is 0 Å². The van der Waals surface area contributed by atoms with E-state index in [-0.39, 0.29) is 6.40 Å². The van der Waals surface area contributed by atoms with Gasteiger partial charge in [-0.1, -0.05) is 66.2 Å². The lowest BCUT2D eigenvalue weighted by Gasteiger charge is -2.20. The number of fused-ring (bicyclic) bond motifs is 2. The summed E-state index contributed by atoms with van der Waals surface area (Å²) in [5, 5.41) is 0. The van der Waals surface area contributed by atoms with E-state index >= 15 is 0 Å². The Morgan fingerprint density at radius 1 is 0.741 bits per heavy atom. The largest absolute Gasteiger partial charge is 0.253 e. The summed E-state index contributed by atoms with van der Waals surface area (Å²) in [6.45, 7) is 0. The van der Waals surface area contributed by atoms with E-state index in [0.717, 1.165) is 40.6 Å². The number of benzene rings is 3. The van der Waals surface area contributed by atoms with Gasteiger partial charge in [0.2, 0.25) is 0 Å². The normalized spacial score (nSPS) is 18.3. The standard InChI is InChI=1S/C25H20N2/c1-2-4-20(5-3-1)22-10-9-21-15-18(6-8-23(21)17-22)14-19-7-11-24-25(16-19)27-13-12-26-24/h1-5,7,9-14,16-17H,6,8,15H2/b18-14+/i15D. The monoisotopic (exact) mass is 349 g/mol. The predicted octanol–water partition coefficient (Wildman–Crippen LogP) is 5.87. The van der Waals surface area contributed by atoms with Crippen LogP contribution in [0.2, 0.25) is 0 Å². The highest BCUT2D eigenvalue weighted by Crippen LogP contribution is 2.30. The Morgan fingerprint density at radius 3 is 2.48 bits per heavy atom. The molecule has 1 aliphatic carbocycles. The first-order chi connectivity index (χ1) is 13.8. The lowest BCUT2D eigenvalue weighted by Crippen LogP contribution is -2.05. The molecule has 0 saturated heterocycles. The van der Waals surface area contributed by atoms with Crippen molar-refractivity contribution in [3.05, 3.63) is 101 Å². The van der Waals surface area contributed by atoms with Gasteiger partial charge in [0.1, 0.15) is 0 Å². The van der Waals surface area contributed by atoms with Crippen molar-refractivity contribution in [2.75, 3.05) is 0 Å². The summed E-state index contributed by atoms with van der Waals surface area (Å²) in [5.41, 5.74) is 8.91. The summed E-state index contributed by atoms with van der Waals surface area (Å²) in [6.07, 6.45) is 7.16. The summed E-state index contributed by atoms with van der Waals surface area (Å²) < 4.78 is 8.80. The molecule has 2 nitrogen and oxygen atoms in total. The van der Waals surface area contributed by atoms with Gasteiger partial charge in [0.25, 0.3) is 0 Å². The number of allylic oxidation sites excluding steroid dienone is 1. The van der Waals surface area contributed by atoms with Gasteiger partial charge in [0.05, 0.1) is 11.0 Å². The maximum atomic E-state index is 8.80. The Kier molecular flexibility index (Phi) is 3.75. The van der Waals surface area contributed by atoms with Crippen molar-refractivity contribution in [1.29, 1.82) is 0 Å². The van der Waals surface area contributed by atoms with Gasteiger partial charge in [-0.15, -0.1) is 0 Å². The summed E-state index contributed by atoms with van der Waals surface area (Å²) in [6, 6.07) is 23.1. The fourth-order valence-corrected chi connectivity index (χ4v) is 3.72. The minimum Gasteiger partial charge on any atom is -0.253 e. The van der Waals surface area contributed by atoms with Gasteiger partial charge in [-0.3, -0.25) is 9.97 Å². The van der Waals surface area contributed by atoms with Crippen molar-refractivity contribution in [2.45, 2.75) is 19.2 Å². The zero-order valence-corrected chi connectivity index (χ0v) is 15.0. The average Bonchev–Trinajstić information content (AvgIpc) is 2.76. The van der Waals surface area contributed by atoms with Gasteiger partial charge in [-0.25, -0.2) is 0 Å². The molecule has 1 heterocycles. The Bertz CT molecular complexity index is 1180. The van der Waals surface area contributed by atoms with Crippen molar-refractivity contribution in [3.8, 4) is 11.1 Å². The summed E-state index contributed by atoms with van der Waals surface area (Å²) >= 11 is 0. The van der Waals surface area contributed by atoms with Crippen LogP contribution in [-0.4, -0.2) is 9.97 Å². The molecule has 0 N–H and O–H groups in total. The third-order valence-electron chi connectivity index (χ3n) is 5.12. The van der Waals surface area contributed by atoms with Crippen LogP contribution in [0.15, 0.2) is 84.7 Å². The van der Waals surface area contributed by atoms with Crippen molar-refractivity contribution in [1.82, 2.24) is 9.97 Å². The maximum Gasteiger partial charge on any atom is 0.0892 e. The maximum absolute atomic E-state index is 8.80. The van der Waals surface area contributed by atoms with Crippen LogP contribution in [0, 0.1) is 0 Å². The fraction of sp³-hybridized carbons (Fsp3) is 0.120. The van der Waals surface area contributed by atoms with E-state index in [1.165, 1.54) is 16.7 Å². The van der Waals surface area contributed by atoms with Crippen LogP contribution in [0.4, 0.5) is 0 Å². The number of nitrogens with zero attached hydrogens (tertiary/aromatic N) is 2. The predicted molar refractivity (Wildman–Crippen MR) is 111 cm³/mol. The third kappa shape index (κ3) is 3.26. The van der Waals surface area contributed by atoms with Gasteiger partial charge >= 0.3 is 0 Å². The molecule has 0 fully saturated rings. The van der Waals surface area contributed by atoms with Gasteiger partial charge < -0.3 is 0 Å². The average molecular weight is 349 g/mol. The molecule has 0 aliphatic heterocycles. The zero-order chi connectivity index (χ0) is 18.9. The van der Waals surface area contributed by atoms with Crippen molar-refractivity contribution < 1.29 is 1.37 Å². The van der Waals surface area contributed by atoms with Crippen molar-refractivity contribution >= 4 is 17.1 Å². The Balaban J connectivity index is 1.47. The first-order valence-corrected chi connectivity index (χ1v) is 9.30. The van der Waals surface area contributed by atoms with Crippen LogP contribution in [0.1, 0.15) is 24.5 Å². The Labute approximate surface area is 160 Å². The molecule has 1 aliphatic rings. The highest BCUT2D eigenvalue weighted by atomic mass is 14.8. The molecule has 5 rings (SSSR count). The smallest absolute Gasteiger partial charge is 0.0892 e. The molecule has 130 valence electrons. The highest BCUT2D eigenvalue weighted by molar-refractivity contribution is 5.77. The number of aryl methyl sites for hydroxylation is 1. The van der Waals surface area contributed by atoms with Gasteiger partial charge in [-0.2, -0.15) is 0 Å². The van der Waals surface area contributed by atoms with Gasteiger partial charge in [-0.05, 0) is 59.2 Å². The lowest BCUT2D eigenvalue weighted by molar-refractivity contribution is 0.844. The molecule has 0 saturated carbocycles. The second-order valence-electron chi connectivity index (χ2n) is 6.95. The SMILES string of the molecule is [2H]C1/C(=C/c2ccc3nccnc3c2)CCc2cc(-c3ccccc3)ccc21. The Hall–Kier alpha value is -3.26. The molecule has 3 aromatic carbocycles. The number of hydrogen-bond donors (Lipinski definition) is 0. The van der Waals surface area contributed by atoms with Crippen LogP contribution >= 0.6 is 0 Å². The number of hydrogen-bond acceptors (Lipinski definition) is 2. The molecule has 0 bridgehead atoms. The molecular formula is C25H20N2. The van der Waals surface area contributed by atoms with E-state index < -0.39 is 0 Å². The molecule has 1 unspecified atom stereocenters. The lowest BCUT2D eigenvalue weighted by atomic mass is 9.85. The number of aromatic nitrogens is 2. The topological polar surface area (TPSA) is 25.8 Å². The van der Waals surface area contributed by atoms with E-state index in [4.69, 9.17) is 1.37 Å². The molecule has 0 spiro atoms. The zero-order valence-electron chi connectivity index (χ0n) is 16.0. The van der Waals surface area contributed by atoms with Crippen molar-refractivity contribution in [3.63, 3.8) is 0 Å². The quantitative estimate of drug-likeness (QED) is 0.452. The summed E-state index contributed by atoms with van der Waals surface area (Å²) in [4.78, 5) is 8.72. The van der Waals surface area contributed by atoms with Crippen LogP contribution < -0.4 is 0 Å². The van der Waals surface area contributed by atoms with E-state index in [1.807, 2.05) is 12.1 Å². The van der Waals surface area contributed by atoms with Crippen LogP contribution in [-0.2, 0) is 12.8 Å². The van der Waals surface area contributed by atoms with E-state index in [0.29, 0.717) is 0 Å². The summed E-state index contributed by atoms with van der Waals surface area (Å²) in [5.74, 6) is 0. The summed E-state index contributed by atoms with van der Waals surface area (Å²) in [7, 11) is 0. The molecule has 0 amide bonds. The third-order valence-corrected chi connectivity index (χ3v) is 5.12. The second-order valence-corrected chi connectivity index (χ2v) is 6.95. The van der Waals surface area contributed by atoms with Crippen LogP contribution in [0.25, 0.3) is 28.2 Å². The van der Waals surface area contributed by atoms with Crippen molar-refractivity contribution in [2.24, 2.45) is 0 Å². The van der Waals surface area contributed by atoms with Gasteiger partial charge in [0, 0.05) is 13.8 Å². The molecule has 2 heteroatoms. The highest BCUT2D eigenvalue weighted by Gasteiger charge is 2.14. The molecule has 1 atom stereocenters. The minimum atomic E-state index is -0.314.